The Labute approximate surface area is 110 Å². The minimum absolute atomic E-state index is 0.0493. The van der Waals surface area contributed by atoms with Crippen molar-refractivity contribution in [3.63, 3.8) is 0 Å². The van der Waals surface area contributed by atoms with Gasteiger partial charge >= 0.3 is 0 Å². The Bertz CT molecular complexity index is 562. The van der Waals surface area contributed by atoms with E-state index < -0.39 is 32.7 Å². The molecule has 1 fully saturated rings. The molecule has 0 saturated heterocycles. The first-order valence-corrected chi connectivity index (χ1v) is 7.49. The second kappa shape index (κ2) is 5.52. The smallest absolute Gasteiger partial charge is 0.243 e. The minimum Gasteiger partial charge on any atom is -0.393 e. The first kappa shape index (κ1) is 14.4. The number of benzene rings is 1. The van der Waals surface area contributed by atoms with Crippen LogP contribution in [0.15, 0.2) is 23.1 Å². The fraction of sp³-hybridized carbons (Fsp3) is 0.500. The molecule has 0 spiro atoms. The van der Waals surface area contributed by atoms with E-state index in [4.69, 9.17) is 0 Å². The first-order chi connectivity index (χ1) is 8.88. The second-order valence-electron chi connectivity index (χ2n) is 4.76. The van der Waals surface area contributed by atoms with Crippen molar-refractivity contribution in [1.29, 1.82) is 0 Å². The quantitative estimate of drug-likeness (QED) is 0.881. The molecule has 2 rings (SSSR count). The molecule has 1 aromatic rings. The summed E-state index contributed by atoms with van der Waals surface area (Å²) in [5, 5.41) is 9.34. The molecule has 0 amide bonds. The van der Waals surface area contributed by atoms with E-state index in [1.165, 1.54) is 0 Å². The van der Waals surface area contributed by atoms with Crippen molar-refractivity contribution in [2.24, 2.45) is 5.92 Å². The van der Waals surface area contributed by atoms with Crippen LogP contribution in [-0.2, 0) is 10.0 Å². The van der Waals surface area contributed by atoms with Gasteiger partial charge in [0.1, 0.15) is 16.5 Å². The van der Waals surface area contributed by atoms with Crippen molar-refractivity contribution in [3.05, 3.63) is 29.8 Å². The summed E-state index contributed by atoms with van der Waals surface area (Å²) in [5.74, 6) is -1.89. The molecule has 7 heteroatoms. The van der Waals surface area contributed by atoms with Crippen molar-refractivity contribution in [2.45, 2.75) is 30.3 Å². The fourth-order valence-corrected chi connectivity index (χ4v) is 3.41. The molecule has 4 nitrogen and oxygen atoms in total. The molecule has 1 aliphatic carbocycles. The van der Waals surface area contributed by atoms with E-state index in [0.717, 1.165) is 18.6 Å². The van der Waals surface area contributed by atoms with Crippen LogP contribution in [0.2, 0.25) is 0 Å². The van der Waals surface area contributed by atoms with Gasteiger partial charge in [-0.15, -0.1) is 0 Å². The molecule has 0 heterocycles. The van der Waals surface area contributed by atoms with Crippen LogP contribution in [0.1, 0.15) is 19.3 Å². The number of halogens is 2. The van der Waals surface area contributed by atoms with Crippen LogP contribution in [0.4, 0.5) is 8.78 Å². The van der Waals surface area contributed by atoms with Gasteiger partial charge in [0.15, 0.2) is 0 Å². The van der Waals surface area contributed by atoms with Crippen LogP contribution in [0.5, 0.6) is 0 Å². The van der Waals surface area contributed by atoms with E-state index in [2.05, 4.69) is 4.72 Å². The van der Waals surface area contributed by atoms with Gasteiger partial charge in [-0.3, -0.25) is 0 Å². The van der Waals surface area contributed by atoms with Gasteiger partial charge < -0.3 is 5.11 Å². The number of sulfonamides is 1. The number of aliphatic hydroxyl groups excluding tert-OH is 1. The predicted molar refractivity (Wildman–Crippen MR) is 64.9 cm³/mol. The molecular weight excluding hydrogens is 276 g/mol. The van der Waals surface area contributed by atoms with Gasteiger partial charge in [-0.25, -0.2) is 21.9 Å². The Balaban J connectivity index is 2.06. The lowest BCUT2D eigenvalue weighted by atomic mass is 10.1. The molecule has 106 valence electrons. The molecule has 1 aromatic carbocycles. The van der Waals surface area contributed by atoms with Crippen LogP contribution >= 0.6 is 0 Å². The molecule has 0 aliphatic heterocycles. The lowest BCUT2D eigenvalue weighted by molar-refractivity contribution is 0.178. The number of aliphatic hydroxyl groups is 1. The Morgan fingerprint density at radius 3 is 2.63 bits per heavy atom. The fourth-order valence-electron chi connectivity index (χ4n) is 2.23. The maximum absolute atomic E-state index is 13.4. The van der Waals surface area contributed by atoms with Crippen LogP contribution in [0, 0.1) is 17.6 Å². The van der Waals surface area contributed by atoms with E-state index in [0.29, 0.717) is 18.9 Å². The summed E-state index contributed by atoms with van der Waals surface area (Å²) in [5.41, 5.74) is 0. The molecule has 19 heavy (non-hydrogen) atoms. The van der Waals surface area contributed by atoms with Gasteiger partial charge in [0.05, 0.1) is 6.10 Å². The second-order valence-corrected chi connectivity index (χ2v) is 6.49. The van der Waals surface area contributed by atoms with E-state index in [9.17, 15) is 22.3 Å². The highest BCUT2D eigenvalue weighted by molar-refractivity contribution is 7.89. The van der Waals surface area contributed by atoms with Gasteiger partial charge in [-0.05, 0) is 37.3 Å². The zero-order valence-corrected chi connectivity index (χ0v) is 11.0. The summed E-state index contributed by atoms with van der Waals surface area (Å²) in [6, 6.07) is 2.33. The van der Waals surface area contributed by atoms with E-state index in [1.807, 2.05) is 0 Å². The standard InChI is InChI=1S/C12H15F2NO3S/c13-9-2-4-12(11(14)6-9)19(17,18)15-7-8-1-3-10(16)5-8/h2,4,6,8,10,15-16H,1,3,5,7H2. The topological polar surface area (TPSA) is 66.4 Å². The summed E-state index contributed by atoms with van der Waals surface area (Å²) in [4.78, 5) is -0.563. The molecule has 0 bridgehead atoms. The van der Waals surface area contributed by atoms with Crippen molar-refractivity contribution in [1.82, 2.24) is 4.72 Å². The molecule has 0 radical (unpaired) electrons. The van der Waals surface area contributed by atoms with Crippen molar-refractivity contribution in [2.75, 3.05) is 6.54 Å². The normalized spacial score (nSPS) is 23.7. The van der Waals surface area contributed by atoms with Gasteiger partial charge in [-0.1, -0.05) is 0 Å². The third-order valence-electron chi connectivity index (χ3n) is 3.26. The Hall–Kier alpha value is -1.05. The van der Waals surface area contributed by atoms with Crippen molar-refractivity contribution in [3.8, 4) is 0 Å². The van der Waals surface area contributed by atoms with Crippen molar-refractivity contribution >= 4 is 10.0 Å². The maximum Gasteiger partial charge on any atom is 0.243 e. The van der Waals surface area contributed by atoms with Crippen LogP contribution in [0.25, 0.3) is 0 Å². The average Bonchev–Trinajstić information content (AvgIpc) is 2.72. The molecule has 2 N–H and O–H groups in total. The lowest BCUT2D eigenvalue weighted by Gasteiger charge is -2.12. The number of hydrogen-bond donors (Lipinski definition) is 2. The van der Waals surface area contributed by atoms with Crippen LogP contribution in [0.3, 0.4) is 0 Å². The maximum atomic E-state index is 13.4. The molecule has 0 aromatic heterocycles. The average molecular weight is 291 g/mol. The third-order valence-corrected chi connectivity index (χ3v) is 4.72. The zero-order chi connectivity index (χ0) is 14.0. The van der Waals surface area contributed by atoms with Gasteiger partial charge in [0.25, 0.3) is 0 Å². The highest BCUT2D eigenvalue weighted by atomic mass is 32.2. The number of hydrogen-bond acceptors (Lipinski definition) is 3. The number of rotatable bonds is 4. The minimum atomic E-state index is -3.99. The SMILES string of the molecule is O=S(=O)(NCC1CCC(O)C1)c1ccc(F)cc1F. The summed E-state index contributed by atoms with van der Waals surface area (Å²) in [6.07, 6.45) is 1.53. The van der Waals surface area contributed by atoms with Gasteiger partial charge in [0, 0.05) is 12.6 Å². The largest absolute Gasteiger partial charge is 0.393 e. The predicted octanol–water partition coefficient (Wildman–Crippen LogP) is 1.40. The molecule has 1 saturated carbocycles. The lowest BCUT2D eigenvalue weighted by Crippen LogP contribution is -2.29. The highest BCUT2D eigenvalue weighted by Crippen LogP contribution is 2.25. The van der Waals surface area contributed by atoms with Gasteiger partial charge in [-0.2, -0.15) is 0 Å². The number of nitrogens with one attached hydrogen (secondary N) is 1. The van der Waals surface area contributed by atoms with E-state index >= 15 is 0 Å². The summed E-state index contributed by atoms with van der Waals surface area (Å²) in [6.45, 7) is 0.149. The summed E-state index contributed by atoms with van der Waals surface area (Å²) < 4.78 is 52.2. The highest BCUT2D eigenvalue weighted by Gasteiger charge is 2.26. The molecule has 2 atom stereocenters. The molecule has 1 aliphatic rings. The van der Waals surface area contributed by atoms with Gasteiger partial charge in [0.2, 0.25) is 10.0 Å². The van der Waals surface area contributed by atoms with Crippen LogP contribution < -0.4 is 4.72 Å². The Morgan fingerprint density at radius 2 is 2.05 bits per heavy atom. The Kier molecular flexibility index (Phi) is 4.17. The van der Waals surface area contributed by atoms with E-state index in [-0.39, 0.29) is 12.5 Å². The van der Waals surface area contributed by atoms with Crippen LogP contribution in [-0.4, -0.2) is 26.2 Å². The molecular formula is C12H15F2NO3S. The van der Waals surface area contributed by atoms with Crippen molar-refractivity contribution < 1.29 is 22.3 Å². The summed E-state index contributed by atoms with van der Waals surface area (Å²) in [7, 11) is -3.99. The summed E-state index contributed by atoms with van der Waals surface area (Å²) >= 11 is 0. The third kappa shape index (κ3) is 3.49. The first-order valence-electron chi connectivity index (χ1n) is 6.01. The van der Waals surface area contributed by atoms with E-state index in [1.54, 1.807) is 0 Å². The molecule has 2 unspecified atom stereocenters. The zero-order valence-electron chi connectivity index (χ0n) is 10.1. The Morgan fingerprint density at radius 1 is 1.32 bits per heavy atom. The monoisotopic (exact) mass is 291 g/mol.